The van der Waals surface area contributed by atoms with Crippen LogP contribution in [-0.4, -0.2) is 129 Å². The first-order valence-corrected chi connectivity index (χ1v) is 18.9. The Hall–Kier alpha value is -3.86. The third kappa shape index (κ3) is 20.3. The molecule has 7 atom stereocenters. The minimum absolute atomic E-state index is 0.00313. The molecule has 0 aliphatic rings. The van der Waals surface area contributed by atoms with Gasteiger partial charge in [-0.25, -0.2) is 9.36 Å². The Balaban J connectivity index is 5.95. The number of nitrogens with one attached hydrogen (secondary N) is 6. The topological polar surface area (TPSA) is 368 Å². The number of unbranched alkanes of at least 4 members (excludes halogenated alkanes) is 1. The number of carbonyl (C=O) groups is 8. The predicted molar refractivity (Wildman–Crippen MR) is 190 cm³/mol. The molecule has 0 bridgehead atoms. The van der Waals surface area contributed by atoms with Gasteiger partial charge in [0.1, 0.15) is 36.3 Å². The van der Waals surface area contributed by atoms with Gasteiger partial charge in [0.25, 0.3) is 0 Å². The van der Waals surface area contributed by atoms with Crippen molar-refractivity contribution in [2.24, 2.45) is 11.5 Å². The number of phosphoric ester groups is 1. The lowest BCUT2D eigenvalue weighted by Gasteiger charge is -2.26. The Labute approximate surface area is 311 Å². The van der Waals surface area contributed by atoms with Crippen molar-refractivity contribution in [2.45, 2.75) is 114 Å². The molecule has 0 heterocycles. The standard InChI is InChI=1S/C29H53N8O14PS/c1-4-8-16(31)24(41)35-19(12-22(38)39)27(44)34-18(10-6-7-11-30)25(42)32-15(3)23(40)33-17(9-5-2)26(43)36-20(13-51-52(48,49)50)28(45)37-21(14-53)29(46)47/h15-21,53H,4-14,30-31H2,1-3H3,(H,32,42)(H,33,40)(H,34,44)(H,35,41)(H,36,43)(H,37,45)(H,38,39)(H,46,47)(H2,48,49,50)/t15-,16-,17-,18-,19-,20-,21-/m0/s1. The summed E-state index contributed by atoms with van der Waals surface area (Å²) in [5, 5.41) is 32.3. The fourth-order valence-corrected chi connectivity index (χ4v) is 5.05. The second-order valence-electron chi connectivity index (χ2n) is 11.9. The number of phosphoric acid groups is 1. The van der Waals surface area contributed by atoms with E-state index >= 15 is 0 Å². The van der Waals surface area contributed by atoms with E-state index in [4.69, 9.17) is 21.3 Å². The van der Waals surface area contributed by atoms with Crippen LogP contribution in [0, 0.1) is 0 Å². The van der Waals surface area contributed by atoms with Crippen molar-refractivity contribution < 1.29 is 67.4 Å². The number of rotatable bonds is 27. The van der Waals surface area contributed by atoms with E-state index in [2.05, 4.69) is 43.7 Å². The molecule has 14 N–H and O–H groups in total. The highest BCUT2D eigenvalue weighted by Gasteiger charge is 2.33. The molecule has 22 nitrogen and oxygen atoms in total. The van der Waals surface area contributed by atoms with Gasteiger partial charge in [-0.05, 0) is 45.6 Å². The second-order valence-corrected chi connectivity index (χ2v) is 13.5. The van der Waals surface area contributed by atoms with Crippen LogP contribution in [0.25, 0.3) is 0 Å². The highest BCUT2D eigenvalue weighted by molar-refractivity contribution is 7.80. The van der Waals surface area contributed by atoms with Gasteiger partial charge in [0.2, 0.25) is 35.4 Å². The van der Waals surface area contributed by atoms with Gasteiger partial charge in [-0.3, -0.25) is 38.1 Å². The van der Waals surface area contributed by atoms with Crippen molar-refractivity contribution in [1.82, 2.24) is 31.9 Å². The molecule has 0 aromatic rings. The third-order valence-electron chi connectivity index (χ3n) is 7.33. The van der Waals surface area contributed by atoms with Gasteiger partial charge >= 0.3 is 19.8 Å². The number of hydrogen-bond acceptors (Lipinski definition) is 13. The van der Waals surface area contributed by atoms with Gasteiger partial charge in [0.05, 0.1) is 19.1 Å². The average Bonchev–Trinajstić information content (AvgIpc) is 3.06. The molecule has 6 amide bonds. The molecule has 0 aliphatic carbocycles. The third-order valence-corrected chi connectivity index (χ3v) is 8.18. The van der Waals surface area contributed by atoms with E-state index in [1.165, 1.54) is 6.92 Å². The van der Waals surface area contributed by atoms with Crippen molar-refractivity contribution in [2.75, 3.05) is 18.9 Å². The van der Waals surface area contributed by atoms with Crippen molar-refractivity contribution in [3.63, 3.8) is 0 Å². The summed E-state index contributed by atoms with van der Waals surface area (Å²) in [7, 11) is -5.16. The summed E-state index contributed by atoms with van der Waals surface area (Å²) >= 11 is 3.82. The first-order chi connectivity index (χ1) is 24.7. The Kier molecular flexibility index (Phi) is 23.4. The van der Waals surface area contributed by atoms with Gasteiger partial charge in [-0.15, -0.1) is 0 Å². The highest BCUT2D eigenvalue weighted by atomic mass is 32.1. The monoisotopic (exact) mass is 800 g/mol. The quantitative estimate of drug-likeness (QED) is 0.0218. The first kappa shape index (κ1) is 49.1. The summed E-state index contributed by atoms with van der Waals surface area (Å²) in [4.78, 5) is 119. The molecular weight excluding hydrogens is 747 g/mol. The molecule has 24 heteroatoms. The lowest BCUT2D eigenvalue weighted by molar-refractivity contribution is -0.142. The van der Waals surface area contributed by atoms with Crippen LogP contribution in [0.1, 0.15) is 72.1 Å². The van der Waals surface area contributed by atoms with Crippen LogP contribution in [0.15, 0.2) is 0 Å². The molecule has 0 rings (SSSR count). The van der Waals surface area contributed by atoms with E-state index in [1.54, 1.807) is 13.8 Å². The number of aliphatic carboxylic acids is 2. The number of carboxylic acid groups (broad SMARTS) is 2. The van der Waals surface area contributed by atoms with E-state index in [-0.39, 0.29) is 31.6 Å². The fraction of sp³-hybridized carbons (Fsp3) is 0.724. The Bertz CT molecular complexity index is 1320. The molecule has 0 aromatic heterocycles. The van der Waals surface area contributed by atoms with Crippen LogP contribution in [0.4, 0.5) is 0 Å². The van der Waals surface area contributed by atoms with E-state index in [0.29, 0.717) is 25.7 Å². The Morgan fingerprint density at radius 3 is 1.66 bits per heavy atom. The minimum atomic E-state index is -5.16. The fourth-order valence-electron chi connectivity index (χ4n) is 4.46. The lowest BCUT2D eigenvalue weighted by Crippen LogP contribution is -2.60. The number of hydrogen-bond donors (Lipinski definition) is 13. The maximum atomic E-state index is 13.3. The molecule has 0 saturated carbocycles. The largest absolute Gasteiger partial charge is 0.481 e. The number of amides is 6. The highest BCUT2D eigenvalue weighted by Crippen LogP contribution is 2.35. The van der Waals surface area contributed by atoms with E-state index in [9.17, 15) is 53.1 Å². The summed E-state index contributed by atoms with van der Waals surface area (Å²) in [6, 6.07) is -10.0. The predicted octanol–water partition coefficient (Wildman–Crippen LogP) is -3.43. The van der Waals surface area contributed by atoms with Crippen LogP contribution >= 0.6 is 20.5 Å². The van der Waals surface area contributed by atoms with Crippen LogP contribution < -0.4 is 43.4 Å². The summed E-state index contributed by atoms with van der Waals surface area (Å²) in [5.41, 5.74) is 11.3. The zero-order valence-electron chi connectivity index (χ0n) is 29.7. The van der Waals surface area contributed by atoms with Gasteiger partial charge in [-0.2, -0.15) is 12.6 Å². The van der Waals surface area contributed by atoms with Crippen molar-refractivity contribution >= 4 is 67.8 Å². The molecule has 304 valence electrons. The molecule has 0 spiro atoms. The normalized spacial score (nSPS) is 15.2. The van der Waals surface area contributed by atoms with Gasteiger partial charge in [-0.1, -0.05) is 26.7 Å². The van der Waals surface area contributed by atoms with Crippen molar-refractivity contribution in [3.8, 4) is 0 Å². The molecule has 0 aliphatic heterocycles. The first-order valence-electron chi connectivity index (χ1n) is 16.7. The van der Waals surface area contributed by atoms with E-state index in [1.807, 2.05) is 5.32 Å². The minimum Gasteiger partial charge on any atom is -0.481 e. The number of carbonyl (C=O) groups excluding carboxylic acids is 6. The Morgan fingerprint density at radius 2 is 1.15 bits per heavy atom. The van der Waals surface area contributed by atoms with Crippen LogP contribution in [0.3, 0.4) is 0 Å². The molecule has 0 unspecified atom stereocenters. The van der Waals surface area contributed by atoms with Crippen LogP contribution in [0.2, 0.25) is 0 Å². The molecular formula is C29H53N8O14PS. The van der Waals surface area contributed by atoms with E-state index < -0.39 is 111 Å². The summed E-state index contributed by atoms with van der Waals surface area (Å²) in [5.74, 6) is -9.04. The van der Waals surface area contributed by atoms with Gasteiger partial charge in [0, 0.05) is 5.75 Å². The smallest absolute Gasteiger partial charge is 0.469 e. The second kappa shape index (κ2) is 25.2. The van der Waals surface area contributed by atoms with Crippen LogP contribution in [-0.2, 0) is 47.4 Å². The maximum Gasteiger partial charge on any atom is 0.469 e. The summed E-state index contributed by atoms with van der Waals surface area (Å²) in [6.07, 6.45) is 1.02. The SMILES string of the molecule is CCC[C@H](NC(=O)[C@H](C)NC(=O)[C@H](CCCCN)NC(=O)[C@H](CC(=O)O)NC(=O)[C@@H](N)CCC)C(=O)N[C@@H](COP(=O)(O)O)C(=O)N[C@@H](CS)C(=O)O. The zero-order valence-corrected chi connectivity index (χ0v) is 31.5. The summed E-state index contributed by atoms with van der Waals surface area (Å²) < 4.78 is 15.6. The lowest BCUT2D eigenvalue weighted by atomic mass is 10.1. The van der Waals surface area contributed by atoms with Crippen molar-refractivity contribution in [1.29, 1.82) is 0 Å². The number of nitrogens with two attached hydrogens (primary N) is 2. The number of carboxylic acids is 2. The molecule has 0 saturated heterocycles. The molecule has 0 fully saturated rings. The van der Waals surface area contributed by atoms with Crippen LogP contribution in [0.5, 0.6) is 0 Å². The molecule has 0 radical (unpaired) electrons. The Morgan fingerprint density at radius 1 is 0.679 bits per heavy atom. The maximum absolute atomic E-state index is 13.3. The average molecular weight is 801 g/mol. The molecule has 53 heavy (non-hydrogen) atoms. The zero-order chi connectivity index (χ0) is 40.9. The number of thiol groups is 1. The van der Waals surface area contributed by atoms with E-state index in [0.717, 1.165) is 0 Å². The molecule has 0 aromatic carbocycles. The van der Waals surface area contributed by atoms with Crippen molar-refractivity contribution in [3.05, 3.63) is 0 Å². The van der Waals surface area contributed by atoms with Gasteiger partial charge in [0.15, 0.2) is 0 Å². The summed E-state index contributed by atoms with van der Waals surface area (Å²) in [6.45, 7) is 3.84. The van der Waals surface area contributed by atoms with Gasteiger partial charge < -0.3 is 63.4 Å².